The summed E-state index contributed by atoms with van der Waals surface area (Å²) in [4.78, 5) is 26.3. The van der Waals surface area contributed by atoms with Crippen LogP contribution in [-0.2, 0) is 9.59 Å². The molecule has 4 nitrogen and oxygen atoms in total. The standard InChI is InChI=1S/C14H24N2O2/c1-2-11(10-15)16-12(17)9-14(13(16)18)7-5-3-4-6-8-14/h11H,2-10,15H2,1H3. The Hall–Kier alpha value is -0.900. The van der Waals surface area contributed by atoms with E-state index in [0.29, 0.717) is 13.0 Å². The lowest BCUT2D eigenvalue weighted by atomic mass is 9.79. The van der Waals surface area contributed by atoms with Crippen LogP contribution in [-0.4, -0.2) is 29.3 Å². The van der Waals surface area contributed by atoms with Crippen LogP contribution in [0.4, 0.5) is 0 Å². The van der Waals surface area contributed by atoms with Gasteiger partial charge in [-0.2, -0.15) is 0 Å². The average molecular weight is 252 g/mol. The molecule has 1 unspecified atom stereocenters. The van der Waals surface area contributed by atoms with E-state index in [4.69, 9.17) is 5.73 Å². The fourth-order valence-electron chi connectivity index (χ4n) is 3.44. The number of imide groups is 1. The van der Waals surface area contributed by atoms with Gasteiger partial charge in [-0.25, -0.2) is 0 Å². The summed E-state index contributed by atoms with van der Waals surface area (Å²) in [6.07, 6.45) is 7.48. The van der Waals surface area contributed by atoms with E-state index in [0.717, 1.165) is 32.1 Å². The summed E-state index contributed by atoms with van der Waals surface area (Å²) >= 11 is 0. The van der Waals surface area contributed by atoms with Gasteiger partial charge in [0.15, 0.2) is 0 Å². The summed E-state index contributed by atoms with van der Waals surface area (Å²) < 4.78 is 0. The van der Waals surface area contributed by atoms with Crippen LogP contribution in [0.3, 0.4) is 0 Å². The first-order chi connectivity index (χ1) is 8.64. The Morgan fingerprint density at radius 3 is 2.33 bits per heavy atom. The summed E-state index contributed by atoms with van der Waals surface area (Å²) in [6, 6.07) is -0.104. The van der Waals surface area contributed by atoms with Gasteiger partial charge in [0.1, 0.15) is 0 Å². The van der Waals surface area contributed by atoms with Crippen LogP contribution in [0.2, 0.25) is 0 Å². The number of carbonyl (C=O) groups excluding carboxylic acids is 2. The van der Waals surface area contributed by atoms with Gasteiger partial charge < -0.3 is 5.73 Å². The number of amides is 2. The lowest BCUT2D eigenvalue weighted by Crippen LogP contribution is -2.46. The van der Waals surface area contributed by atoms with E-state index in [1.165, 1.54) is 17.7 Å². The van der Waals surface area contributed by atoms with Gasteiger partial charge >= 0.3 is 0 Å². The van der Waals surface area contributed by atoms with E-state index in [2.05, 4.69) is 0 Å². The number of carbonyl (C=O) groups is 2. The Kier molecular flexibility index (Phi) is 4.05. The predicted molar refractivity (Wildman–Crippen MR) is 69.7 cm³/mol. The molecular weight excluding hydrogens is 228 g/mol. The third-order valence-corrected chi connectivity index (χ3v) is 4.60. The molecule has 102 valence electrons. The molecule has 1 spiro atoms. The molecule has 2 aliphatic rings. The van der Waals surface area contributed by atoms with E-state index in [1.807, 2.05) is 6.92 Å². The van der Waals surface area contributed by atoms with Gasteiger partial charge in [-0.05, 0) is 19.3 Å². The summed E-state index contributed by atoms with van der Waals surface area (Å²) in [5.41, 5.74) is 5.31. The number of nitrogens with two attached hydrogens (primary N) is 1. The molecule has 2 amide bonds. The van der Waals surface area contributed by atoms with Crippen LogP contribution in [0.15, 0.2) is 0 Å². The van der Waals surface area contributed by atoms with Crippen LogP contribution >= 0.6 is 0 Å². The molecule has 1 saturated carbocycles. The molecule has 2 rings (SSSR count). The second-order valence-corrected chi connectivity index (χ2v) is 5.74. The normalized spacial score (nSPS) is 25.6. The number of hydrogen-bond acceptors (Lipinski definition) is 3. The van der Waals surface area contributed by atoms with Gasteiger partial charge in [0.2, 0.25) is 11.8 Å². The van der Waals surface area contributed by atoms with Crippen molar-refractivity contribution in [3.63, 3.8) is 0 Å². The monoisotopic (exact) mass is 252 g/mol. The average Bonchev–Trinajstić information content (AvgIpc) is 2.56. The maximum atomic E-state index is 12.7. The van der Waals surface area contributed by atoms with Gasteiger partial charge in [0.05, 0.1) is 11.5 Å². The fraction of sp³-hybridized carbons (Fsp3) is 0.857. The molecule has 2 fully saturated rings. The first kappa shape index (κ1) is 13.5. The van der Waals surface area contributed by atoms with E-state index in [9.17, 15) is 9.59 Å². The molecular formula is C14H24N2O2. The van der Waals surface area contributed by atoms with Crippen molar-refractivity contribution in [2.24, 2.45) is 11.1 Å². The van der Waals surface area contributed by atoms with Crippen LogP contribution in [0.1, 0.15) is 58.3 Å². The molecule has 4 heteroatoms. The second kappa shape index (κ2) is 5.39. The lowest BCUT2D eigenvalue weighted by Gasteiger charge is -2.28. The van der Waals surface area contributed by atoms with Crippen molar-refractivity contribution in [3.05, 3.63) is 0 Å². The molecule has 1 atom stereocenters. The summed E-state index contributed by atoms with van der Waals surface area (Å²) in [7, 11) is 0. The molecule has 0 radical (unpaired) electrons. The van der Waals surface area contributed by atoms with Crippen molar-refractivity contribution in [2.45, 2.75) is 64.3 Å². The zero-order valence-corrected chi connectivity index (χ0v) is 11.3. The summed E-state index contributed by atoms with van der Waals surface area (Å²) in [5.74, 6) is 0.0610. The second-order valence-electron chi connectivity index (χ2n) is 5.74. The molecule has 0 bridgehead atoms. The summed E-state index contributed by atoms with van der Waals surface area (Å²) in [6.45, 7) is 2.36. The smallest absolute Gasteiger partial charge is 0.236 e. The van der Waals surface area contributed by atoms with E-state index in [1.54, 1.807) is 0 Å². The predicted octanol–water partition coefficient (Wildman–Crippen LogP) is 1.82. The first-order valence-corrected chi connectivity index (χ1v) is 7.21. The van der Waals surface area contributed by atoms with Crippen LogP contribution in [0.25, 0.3) is 0 Å². The molecule has 18 heavy (non-hydrogen) atoms. The first-order valence-electron chi connectivity index (χ1n) is 7.21. The minimum Gasteiger partial charge on any atom is -0.328 e. The van der Waals surface area contributed by atoms with Crippen molar-refractivity contribution in [2.75, 3.05) is 6.54 Å². The number of nitrogens with zero attached hydrogens (tertiary/aromatic N) is 1. The molecule has 1 aliphatic carbocycles. The van der Waals surface area contributed by atoms with Crippen LogP contribution in [0.5, 0.6) is 0 Å². The number of hydrogen-bond donors (Lipinski definition) is 1. The van der Waals surface area contributed by atoms with Crippen molar-refractivity contribution in [1.29, 1.82) is 0 Å². The van der Waals surface area contributed by atoms with Gasteiger partial charge in [0.25, 0.3) is 0 Å². The van der Waals surface area contributed by atoms with E-state index < -0.39 is 0 Å². The van der Waals surface area contributed by atoms with Crippen molar-refractivity contribution in [1.82, 2.24) is 4.90 Å². The third-order valence-electron chi connectivity index (χ3n) is 4.60. The quantitative estimate of drug-likeness (QED) is 0.779. The Bertz CT molecular complexity index is 329. The zero-order chi connectivity index (χ0) is 13.2. The minimum atomic E-state index is -0.379. The molecule has 0 aromatic heterocycles. The molecule has 1 aliphatic heterocycles. The highest BCUT2D eigenvalue weighted by molar-refractivity contribution is 6.06. The van der Waals surface area contributed by atoms with E-state index in [-0.39, 0.29) is 23.3 Å². The fourth-order valence-corrected chi connectivity index (χ4v) is 3.44. The maximum absolute atomic E-state index is 12.7. The van der Waals surface area contributed by atoms with Gasteiger partial charge in [-0.1, -0.05) is 32.6 Å². The highest BCUT2D eigenvalue weighted by atomic mass is 16.2. The van der Waals surface area contributed by atoms with Crippen LogP contribution in [0, 0.1) is 5.41 Å². The zero-order valence-electron chi connectivity index (χ0n) is 11.3. The minimum absolute atomic E-state index is 0.000741. The van der Waals surface area contributed by atoms with E-state index >= 15 is 0 Å². The SMILES string of the molecule is CCC(CN)N1C(=O)CC2(CCCCCC2)C1=O. The lowest BCUT2D eigenvalue weighted by molar-refractivity contribution is -0.144. The van der Waals surface area contributed by atoms with Crippen LogP contribution < -0.4 is 5.73 Å². The highest BCUT2D eigenvalue weighted by Crippen LogP contribution is 2.45. The van der Waals surface area contributed by atoms with Crippen molar-refractivity contribution in [3.8, 4) is 0 Å². The van der Waals surface area contributed by atoms with Crippen molar-refractivity contribution < 1.29 is 9.59 Å². The van der Waals surface area contributed by atoms with Gasteiger partial charge in [-0.15, -0.1) is 0 Å². The topological polar surface area (TPSA) is 63.4 Å². The Labute approximate surface area is 109 Å². The number of likely N-dealkylation sites (tertiary alicyclic amines) is 1. The molecule has 0 aromatic rings. The van der Waals surface area contributed by atoms with Crippen molar-refractivity contribution >= 4 is 11.8 Å². The summed E-state index contributed by atoms with van der Waals surface area (Å²) in [5, 5.41) is 0. The Morgan fingerprint density at radius 2 is 1.83 bits per heavy atom. The largest absolute Gasteiger partial charge is 0.328 e. The number of rotatable bonds is 3. The third kappa shape index (κ3) is 2.18. The molecule has 1 saturated heterocycles. The Balaban J connectivity index is 2.21. The molecule has 1 heterocycles. The molecule has 2 N–H and O–H groups in total. The Morgan fingerprint density at radius 1 is 1.22 bits per heavy atom. The maximum Gasteiger partial charge on any atom is 0.236 e. The molecule has 0 aromatic carbocycles. The van der Waals surface area contributed by atoms with Gasteiger partial charge in [0, 0.05) is 13.0 Å². The highest BCUT2D eigenvalue weighted by Gasteiger charge is 2.52. The van der Waals surface area contributed by atoms with Gasteiger partial charge in [-0.3, -0.25) is 14.5 Å².